The van der Waals surface area contributed by atoms with Crippen molar-refractivity contribution in [3.63, 3.8) is 0 Å². The molecule has 84 valence electrons. The maximum atomic E-state index is 10.8. The van der Waals surface area contributed by atoms with Crippen LogP contribution in [0.3, 0.4) is 0 Å². The molecular weight excluding hydrogens is 249 g/mol. The van der Waals surface area contributed by atoms with E-state index in [0.29, 0.717) is 16.5 Å². The molecule has 1 heterocycles. The summed E-state index contributed by atoms with van der Waals surface area (Å²) in [5.41, 5.74) is 1.64. The molecule has 0 amide bonds. The van der Waals surface area contributed by atoms with Gasteiger partial charge < -0.3 is 10.4 Å². The lowest BCUT2D eigenvalue weighted by atomic mass is 10.0. The number of hydrogen-bond donors (Lipinski definition) is 2. The lowest BCUT2D eigenvalue weighted by Crippen LogP contribution is -2.28. The van der Waals surface area contributed by atoms with E-state index >= 15 is 0 Å². The minimum absolute atomic E-state index is 0.412. The minimum atomic E-state index is -0.871. The van der Waals surface area contributed by atoms with E-state index < -0.39 is 12.0 Å². The first-order valence-corrected chi connectivity index (χ1v) is 5.47. The van der Waals surface area contributed by atoms with E-state index in [1.807, 2.05) is 0 Å². The molecule has 1 aromatic carbocycles. The van der Waals surface area contributed by atoms with E-state index in [4.69, 9.17) is 28.3 Å². The molecule has 0 fully saturated rings. The Morgan fingerprint density at radius 1 is 1.44 bits per heavy atom. The Balaban J connectivity index is 2.27. The highest BCUT2D eigenvalue weighted by molar-refractivity contribution is 6.34. The molecule has 1 unspecified atom stereocenters. The van der Waals surface area contributed by atoms with E-state index in [1.165, 1.54) is 0 Å². The SMILES string of the molecule is O=C(O)C1CC(c2cc(Cl)ccc2Cl)=CN1. The van der Waals surface area contributed by atoms with Crippen LogP contribution in [0.1, 0.15) is 12.0 Å². The third-order valence-electron chi connectivity index (χ3n) is 2.46. The van der Waals surface area contributed by atoms with Crippen molar-refractivity contribution in [2.45, 2.75) is 12.5 Å². The summed E-state index contributed by atoms with van der Waals surface area (Å²) in [6.45, 7) is 0. The maximum Gasteiger partial charge on any atom is 0.326 e. The van der Waals surface area contributed by atoms with Gasteiger partial charge in [-0.3, -0.25) is 0 Å². The van der Waals surface area contributed by atoms with Crippen LogP contribution in [-0.2, 0) is 4.79 Å². The molecule has 1 aliphatic rings. The van der Waals surface area contributed by atoms with Crippen molar-refractivity contribution in [1.82, 2.24) is 5.32 Å². The second kappa shape index (κ2) is 4.36. The third kappa shape index (κ3) is 2.15. The summed E-state index contributed by atoms with van der Waals surface area (Å²) in [7, 11) is 0. The van der Waals surface area contributed by atoms with Crippen LogP contribution in [-0.4, -0.2) is 17.1 Å². The number of benzene rings is 1. The summed E-state index contributed by atoms with van der Waals surface area (Å²) in [5, 5.41) is 12.8. The van der Waals surface area contributed by atoms with Crippen LogP contribution >= 0.6 is 23.2 Å². The predicted molar refractivity (Wildman–Crippen MR) is 63.6 cm³/mol. The summed E-state index contributed by atoms with van der Waals surface area (Å²) in [4.78, 5) is 10.8. The fraction of sp³-hybridized carbons (Fsp3) is 0.182. The molecule has 0 saturated carbocycles. The number of aliphatic carboxylic acids is 1. The molecule has 0 radical (unpaired) electrons. The first-order chi connectivity index (χ1) is 7.58. The Labute approximate surface area is 103 Å². The van der Waals surface area contributed by atoms with Gasteiger partial charge in [0.2, 0.25) is 0 Å². The van der Waals surface area contributed by atoms with Gasteiger partial charge >= 0.3 is 5.97 Å². The molecule has 5 heteroatoms. The van der Waals surface area contributed by atoms with E-state index in [9.17, 15) is 4.79 Å². The van der Waals surface area contributed by atoms with Gasteiger partial charge in [0.15, 0.2) is 0 Å². The molecule has 1 aromatic rings. The number of halogens is 2. The van der Waals surface area contributed by atoms with E-state index in [1.54, 1.807) is 24.4 Å². The fourth-order valence-electron chi connectivity index (χ4n) is 1.63. The van der Waals surface area contributed by atoms with Gasteiger partial charge in [-0.05, 0) is 29.3 Å². The quantitative estimate of drug-likeness (QED) is 0.857. The van der Waals surface area contributed by atoms with Crippen molar-refractivity contribution in [1.29, 1.82) is 0 Å². The van der Waals surface area contributed by atoms with Crippen molar-refractivity contribution in [3.8, 4) is 0 Å². The van der Waals surface area contributed by atoms with Crippen molar-refractivity contribution in [3.05, 3.63) is 40.0 Å². The number of carbonyl (C=O) groups is 1. The lowest BCUT2D eigenvalue weighted by Gasteiger charge is -2.06. The maximum absolute atomic E-state index is 10.8. The summed E-state index contributed by atoms with van der Waals surface area (Å²) < 4.78 is 0. The number of nitrogens with one attached hydrogen (secondary N) is 1. The van der Waals surface area contributed by atoms with Crippen molar-refractivity contribution >= 4 is 34.7 Å². The minimum Gasteiger partial charge on any atom is -0.480 e. The van der Waals surface area contributed by atoms with Crippen LogP contribution in [0.5, 0.6) is 0 Å². The molecule has 2 N–H and O–H groups in total. The first kappa shape index (κ1) is 11.3. The topological polar surface area (TPSA) is 49.3 Å². The van der Waals surface area contributed by atoms with E-state index in [0.717, 1.165) is 11.1 Å². The van der Waals surface area contributed by atoms with Gasteiger partial charge in [-0.15, -0.1) is 0 Å². The Kier molecular flexibility index (Phi) is 3.08. The average Bonchev–Trinajstić information content (AvgIpc) is 2.70. The molecule has 3 nitrogen and oxygen atoms in total. The number of rotatable bonds is 2. The van der Waals surface area contributed by atoms with Crippen molar-refractivity contribution < 1.29 is 9.90 Å². The lowest BCUT2D eigenvalue weighted by molar-refractivity contribution is -0.138. The highest BCUT2D eigenvalue weighted by Crippen LogP contribution is 2.31. The Morgan fingerprint density at radius 2 is 2.19 bits per heavy atom. The van der Waals surface area contributed by atoms with Gasteiger partial charge in [0, 0.05) is 22.7 Å². The number of hydrogen-bond acceptors (Lipinski definition) is 2. The van der Waals surface area contributed by atoms with Crippen molar-refractivity contribution in [2.24, 2.45) is 0 Å². The standard InChI is InChI=1S/C11H9Cl2NO2/c12-7-1-2-9(13)8(4-7)6-3-10(11(15)16)14-5-6/h1-2,4-5,10,14H,3H2,(H,15,16). The molecule has 0 spiro atoms. The van der Waals surface area contributed by atoms with E-state index in [-0.39, 0.29) is 0 Å². The summed E-state index contributed by atoms with van der Waals surface area (Å²) in [5.74, 6) is -0.871. The summed E-state index contributed by atoms with van der Waals surface area (Å²) in [6, 6.07) is 4.56. The van der Waals surface area contributed by atoms with Crippen LogP contribution < -0.4 is 5.32 Å². The largest absolute Gasteiger partial charge is 0.480 e. The molecule has 2 rings (SSSR count). The second-order valence-electron chi connectivity index (χ2n) is 3.56. The Bertz CT molecular complexity index is 471. The first-order valence-electron chi connectivity index (χ1n) is 4.71. The smallest absolute Gasteiger partial charge is 0.326 e. The van der Waals surface area contributed by atoms with Crippen LogP contribution in [0, 0.1) is 0 Å². The molecule has 1 atom stereocenters. The van der Waals surface area contributed by atoms with E-state index in [2.05, 4.69) is 5.32 Å². The third-order valence-corrected chi connectivity index (χ3v) is 3.02. The zero-order chi connectivity index (χ0) is 11.7. The number of carboxylic acid groups (broad SMARTS) is 1. The highest BCUT2D eigenvalue weighted by atomic mass is 35.5. The van der Waals surface area contributed by atoms with Gasteiger partial charge in [-0.25, -0.2) is 4.79 Å². The van der Waals surface area contributed by atoms with Gasteiger partial charge in [0.25, 0.3) is 0 Å². The Hall–Kier alpha value is -1.19. The molecule has 0 aromatic heterocycles. The van der Waals surface area contributed by atoms with Gasteiger partial charge in [0.05, 0.1) is 0 Å². The van der Waals surface area contributed by atoms with Gasteiger partial charge in [-0.1, -0.05) is 23.2 Å². The van der Waals surface area contributed by atoms with Crippen LogP contribution in [0.25, 0.3) is 5.57 Å². The zero-order valence-corrected chi connectivity index (χ0v) is 9.72. The van der Waals surface area contributed by atoms with Crippen LogP contribution in [0.15, 0.2) is 24.4 Å². The van der Waals surface area contributed by atoms with Crippen LogP contribution in [0.4, 0.5) is 0 Å². The molecule has 0 saturated heterocycles. The number of carboxylic acids is 1. The molecule has 0 aliphatic carbocycles. The van der Waals surface area contributed by atoms with Gasteiger partial charge in [-0.2, -0.15) is 0 Å². The monoisotopic (exact) mass is 257 g/mol. The molecule has 16 heavy (non-hydrogen) atoms. The van der Waals surface area contributed by atoms with Crippen molar-refractivity contribution in [2.75, 3.05) is 0 Å². The Morgan fingerprint density at radius 3 is 2.81 bits per heavy atom. The van der Waals surface area contributed by atoms with Crippen LogP contribution in [0.2, 0.25) is 10.0 Å². The predicted octanol–water partition coefficient (Wildman–Crippen LogP) is 2.78. The molecular formula is C11H9Cl2NO2. The molecule has 1 aliphatic heterocycles. The highest BCUT2D eigenvalue weighted by Gasteiger charge is 2.24. The van der Waals surface area contributed by atoms with Gasteiger partial charge in [0.1, 0.15) is 6.04 Å². The second-order valence-corrected chi connectivity index (χ2v) is 4.40. The summed E-state index contributed by atoms with van der Waals surface area (Å²) >= 11 is 11.9. The molecule has 0 bridgehead atoms. The normalized spacial score (nSPS) is 19.1. The zero-order valence-electron chi connectivity index (χ0n) is 8.21. The fourth-order valence-corrected chi connectivity index (χ4v) is 2.04. The summed E-state index contributed by atoms with van der Waals surface area (Å²) in [6.07, 6.45) is 2.09. The average molecular weight is 258 g/mol.